The number of amidine groups is 1. The van der Waals surface area contributed by atoms with E-state index in [-0.39, 0.29) is 5.50 Å². The molecular weight excluding hydrogens is 548 g/mol. The van der Waals surface area contributed by atoms with E-state index in [1.807, 2.05) is 25.6 Å². The van der Waals surface area contributed by atoms with E-state index in [0.717, 1.165) is 94.1 Å². The zero-order valence-electron chi connectivity index (χ0n) is 21.4. The third-order valence-corrected chi connectivity index (χ3v) is 9.37. The van der Waals surface area contributed by atoms with Gasteiger partial charge in [-0.05, 0) is 83.7 Å². The molecule has 7 nitrogen and oxygen atoms in total. The highest BCUT2D eigenvalue weighted by atomic mass is 79.9. The largest absolute Gasteiger partial charge is 0.440 e. The van der Waals surface area contributed by atoms with Crippen molar-refractivity contribution in [2.24, 2.45) is 5.10 Å². The Bertz CT molecular complexity index is 1500. The van der Waals surface area contributed by atoms with Crippen LogP contribution >= 0.6 is 27.7 Å². The molecule has 0 spiro atoms. The van der Waals surface area contributed by atoms with Gasteiger partial charge in [0.15, 0.2) is 22.8 Å². The zero-order valence-corrected chi connectivity index (χ0v) is 23.8. The van der Waals surface area contributed by atoms with Crippen LogP contribution in [0.25, 0.3) is 22.0 Å². The lowest BCUT2D eigenvalue weighted by molar-refractivity contribution is 0.289. The van der Waals surface area contributed by atoms with Gasteiger partial charge in [-0.25, -0.2) is 4.98 Å². The van der Waals surface area contributed by atoms with Crippen molar-refractivity contribution in [3.63, 3.8) is 0 Å². The van der Waals surface area contributed by atoms with Gasteiger partial charge in [0.25, 0.3) is 0 Å². The number of nitrogens with one attached hydrogen (secondary N) is 1. The molecule has 9 heteroatoms. The Morgan fingerprint density at radius 1 is 1.11 bits per heavy atom. The van der Waals surface area contributed by atoms with Gasteiger partial charge in [-0.1, -0.05) is 18.2 Å². The van der Waals surface area contributed by atoms with Gasteiger partial charge in [-0.2, -0.15) is 5.10 Å². The fourth-order valence-electron chi connectivity index (χ4n) is 5.33. The summed E-state index contributed by atoms with van der Waals surface area (Å²) >= 11 is 5.71. The highest BCUT2D eigenvalue weighted by Crippen LogP contribution is 2.33. The second-order valence-electron chi connectivity index (χ2n) is 9.83. The molecule has 37 heavy (non-hydrogen) atoms. The number of benzene rings is 2. The summed E-state index contributed by atoms with van der Waals surface area (Å²) in [6.07, 6.45) is 3.22. The molecule has 2 aliphatic heterocycles. The first kappa shape index (κ1) is 24.7. The molecule has 0 fully saturated rings. The molecule has 4 aromatic rings. The average Bonchev–Trinajstić information content (AvgIpc) is 3.37. The summed E-state index contributed by atoms with van der Waals surface area (Å²) in [5, 5.41) is 5.83. The fraction of sp³-hybridized carbons (Fsp3) is 0.393. The predicted octanol–water partition coefficient (Wildman–Crippen LogP) is 5.46. The Labute approximate surface area is 229 Å². The molecule has 2 aliphatic rings. The van der Waals surface area contributed by atoms with E-state index >= 15 is 0 Å². The minimum absolute atomic E-state index is 0.138. The smallest absolute Gasteiger partial charge is 0.192 e. The fourth-order valence-corrected chi connectivity index (χ4v) is 7.04. The van der Waals surface area contributed by atoms with Crippen molar-refractivity contribution >= 4 is 55.5 Å². The third-order valence-electron chi connectivity index (χ3n) is 7.27. The van der Waals surface area contributed by atoms with Crippen LogP contribution in [0.4, 0.5) is 0 Å². The van der Waals surface area contributed by atoms with Gasteiger partial charge in [0.05, 0.1) is 9.99 Å². The number of aryl methyl sites for hydroxylation is 2. The van der Waals surface area contributed by atoms with Gasteiger partial charge in [0.1, 0.15) is 5.52 Å². The van der Waals surface area contributed by atoms with E-state index in [4.69, 9.17) is 9.52 Å². The lowest BCUT2D eigenvalue weighted by Gasteiger charge is -2.23. The lowest BCUT2D eigenvalue weighted by Crippen LogP contribution is -2.35. The number of fused-ring (bicyclic) bond motifs is 3. The van der Waals surface area contributed by atoms with Crippen LogP contribution in [-0.4, -0.2) is 63.5 Å². The first-order chi connectivity index (χ1) is 18.0. The standard InChI is InChI=1S/C28H31BrN6OS/c1-17-8-9-21-22(6-4-7-23(21)30-17)27-32-33-28(34(27)3)37-15-5-12-35-13-10-19-16-24-26(36-18(2)31-24)25(29)20(19)11-14-35/h4,6-9,16,28,33H,5,10-15H2,1-3H3. The minimum atomic E-state index is 0.138. The maximum absolute atomic E-state index is 5.83. The van der Waals surface area contributed by atoms with Crippen molar-refractivity contribution in [1.29, 1.82) is 0 Å². The summed E-state index contributed by atoms with van der Waals surface area (Å²) in [7, 11) is 2.12. The summed E-state index contributed by atoms with van der Waals surface area (Å²) in [4.78, 5) is 14.1. The van der Waals surface area contributed by atoms with E-state index < -0.39 is 0 Å². The first-order valence-electron chi connectivity index (χ1n) is 12.8. The molecule has 0 saturated heterocycles. The summed E-state index contributed by atoms with van der Waals surface area (Å²) in [5.41, 5.74) is 11.2. The molecule has 2 aromatic carbocycles. The monoisotopic (exact) mass is 578 g/mol. The lowest BCUT2D eigenvalue weighted by atomic mass is 10.0. The van der Waals surface area contributed by atoms with E-state index in [9.17, 15) is 0 Å². The molecule has 0 aliphatic carbocycles. The molecule has 1 N–H and O–H groups in total. The number of rotatable bonds is 6. The van der Waals surface area contributed by atoms with Gasteiger partial charge in [-0.15, -0.1) is 11.8 Å². The van der Waals surface area contributed by atoms with Gasteiger partial charge in [0, 0.05) is 43.7 Å². The van der Waals surface area contributed by atoms with Crippen molar-refractivity contribution < 1.29 is 4.42 Å². The Morgan fingerprint density at radius 3 is 2.86 bits per heavy atom. The quantitative estimate of drug-likeness (QED) is 0.305. The topological polar surface area (TPSA) is 69.8 Å². The first-order valence-corrected chi connectivity index (χ1v) is 14.7. The van der Waals surface area contributed by atoms with E-state index in [2.05, 4.69) is 84.6 Å². The predicted molar refractivity (Wildman–Crippen MR) is 155 cm³/mol. The molecular formula is C28H31BrN6OS. The van der Waals surface area contributed by atoms with Crippen molar-refractivity contribution in [3.8, 4) is 0 Å². The van der Waals surface area contributed by atoms with Crippen LogP contribution in [0.5, 0.6) is 0 Å². The Hall–Kier alpha value is -2.62. The van der Waals surface area contributed by atoms with Gasteiger partial charge < -0.3 is 14.2 Å². The number of thioether (sulfide) groups is 1. The average molecular weight is 580 g/mol. The molecule has 1 unspecified atom stereocenters. The maximum Gasteiger partial charge on any atom is 0.192 e. The highest BCUT2D eigenvalue weighted by molar-refractivity contribution is 9.10. The number of nitrogens with zero attached hydrogens (tertiary/aromatic N) is 5. The maximum atomic E-state index is 5.83. The van der Waals surface area contributed by atoms with Crippen LogP contribution in [0.1, 0.15) is 34.7 Å². The molecule has 0 bridgehead atoms. The van der Waals surface area contributed by atoms with Crippen LogP contribution in [-0.2, 0) is 12.8 Å². The normalized spacial score (nSPS) is 18.2. The third kappa shape index (κ3) is 4.84. The number of aromatic nitrogens is 2. The van der Waals surface area contributed by atoms with E-state index in [0.29, 0.717) is 0 Å². The molecule has 2 aromatic heterocycles. The highest BCUT2D eigenvalue weighted by Gasteiger charge is 2.27. The summed E-state index contributed by atoms with van der Waals surface area (Å²) in [6, 6.07) is 12.7. The summed E-state index contributed by atoms with van der Waals surface area (Å²) < 4.78 is 6.92. The van der Waals surface area contributed by atoms with Crippen LogP contribution in [0.2, 0.25) is 0 Å². The number of hydrogen-bond acceptors (Lipinski definition) is 8. The molecule has 6 rings (SSSR count). The molecule has 0 radical (unpaired) electrons. The number of pyridine rings is 1. The molecule has 1 atom stereocenters. The molecule has 192 valence electrons. The van der Waals surface area contributed by atoms with Gasteiger partial charge >= 0.3 is 0 Å². The zero-order chi connectivity index (χ0) is 25.5. The number of hydrogen-bond donors (Lipinski definition) is 1. The summed E-state index contributed by atoms with van der Waals surface area (Å²) in [5.74, 6) is 2.77. The Morgan fingerprint density at radius 2 is 1.97 bits per heavy atom. The van der Waals surface area contributed by atoms with Gasteiger partial charge in [-0.3, -0.25) is 10.4 Å². The van der Waals surface area contributed by atoms with E-state index in [1.165, 1.54) is 11.1 Å². The molecule has 4 heterocycles. The van der Waals surface area contributed by atoms with Crippen LogP contribution in [0, 0.1) is 13.8 Å². The van der Waals surface area contributed by atoms with Crippen molar-refractivity contribution in [2.75, 3.05) is 32.4 Å². The Balaban J connectivity index is 1.02. The second kappa shape index (κ2) is 10.3. The van der Waals surface area contributed by atoms with Crippen molar-refractivity contribution in [2.45, 2.75) is 38.6 Å². The van der Waals surface area contributed by atoms with Gasteiger partial charge in [0.2, 0.25) is 0 Å². The summed E-state index contributed by atoms with van der Waals surface area (Å²) in [6.45, 7) is 7.18. The van der Waals surface area contributed by atoms with Crippen molar-refractivity contribution in [1.82, 2.24) is 25.2 Å². The van der Waals surface area contributed by atoms with Crippen LogP contribution < -0.4 is 5.43 Å². The number of oxazole rings is 1. The van der Waals surface area contributed by atoms with Crippen LogP contribution in [0.3, 0.4) is 0 Å². The van der Waals surface area contributed by atoms with Crippen LogP contribution in [0.15, 0.2) is 50.4 Å². The van der Waals surface area contributed by atoms with Crippen molar-refractivity contribution in [3.05, 3.63) is 69.1 Å². The second-order valence-corrected chi connectivity index (χ2v) is 11.8. The molecule has 0 saturated carbocycles. The molecule has 0 amide bonds. The minimum Gasteiger partial charge on any atom is -0.440 e. The van der Waals surface area contributed by atoms with E-state index in [1.54, 1.807) is 0 Å². The number of hydrazone groups is 1. The SMILES string of the molecule is Cc1ccc2c(C3=NNC(SCCCN4CCc5cc6nc(C)oc6c(Br)c5CC4)N3C)cccc2n1. The number of halogens is 1. The Kier molecular flexibility index (Phi) is 6.86.